The fraction of sp³-hybridized carbons (Fsp3) is 0.333. The van der Waals surface area contributed by atoms with Gasteiger partial charge >= 0.3 is 5.97 Å². The molecule has 1 fully saturated rings. The van der Waals surface area contributed by atoms with E-state index >= 15 is 0 Å². The van der Waals surface area contributed by atoms with Crippen LogP contribution in [0.2, 0.25) is 0 Å². The van der Waals surface area contributed by atoms with Crippen molar-refractivity contribution in [3.63, 3.8) is 0 Å². The van der Waals surface area contributed by atoms with E-state index in [9.17, 15) is 4.79 Å². The van der Waals surface area contributed by atoms with Crippen LogP contribution in [0.1, 0.15) is 34.5 Å². The minimum absolute atomic E-state index is 0.253. The Bertz CT molecular complexity index is 1270. The predicted molar refractivity (Wildman–Crippen MR) is 130 cm³/mol. The maximum Gasteiger partial charge on any atom is 0.335 e. The molecular formula is C27H29N3O3. The molecule has 1 aliphatic heterocycles. The average molecular weight is 444 g/mol. The lowest BCUT2D eigenvalue weighted by molar-refractivity contribution is -0.00292. The highest BCUT2D eigenvalue weighted by molar-refractivity contribution is 6.06. The van der Waals surface area contributed by atoms with Gasteiger partial charge in [-0.1, -0.05) is 30.3 Å². The Morgan fingerprint density at radius 1 is 1.03 bits per heavy atom. The van der Waals surface area contributed by atoms with Gasteiger partial charge in [-0.15, -0.1) is 0 Å². The highest BCUT2D eigenvalue weighted by atomic mass is 16.5. The number of hydrogen-bond acceptors (Lipinski definition) is 4. The summed E-state index contributed by atoms with van der Waals surface area (Å²) >= 11 is 0. The molecule has 3 heterocycles. The molecule has 170 valence electrons. The molecular weight excluding hydrogens is 414 g/mol. The number of fused-ring (bicyclic) bond motifs is 3. The number of aromatic nitrogens is 2. The zero-order valence-electron chi connectivity index (χ0n) is 18.9. The summed E-state index contributed by atoms with van der Waals surface area (Å²) in [6.45, 7) is 3.55. The lowest BCUT2D eigenvalue weighted by atomic mass is 10.1. The van der Waals surface area contributed by atoms with Gasteiger partial charge in [0.05, 0.1) is 29.5 Å². The first-order chi connectivity index (χ1) is 16.1. The van der Waals surface area contributed by atoms with E-state index in [0.29, 0.717) is 12.2 Å². The number of para-hydroxylation sites is 1. The molecule has 0 spiro atoms. The minimum Gasteiger partial charge on any atom is -0.478 e. The molecule has 5 rings (SSSR count). The van der Waals surface area contributed by atoms with E-state index in [2.05, 4.69) is 47.1 Å². The van der Waals surface area contributed by atoms with Crippen molar-refractivity contribution < 1.29 is 14.6 Å². The van der Waals surface area contributed by atoms with E-state index in [1.54, 1.807) is 12.1 Å². The van der Waals surface area contributed by atoms with E-state index < -0.39 is 5.97 Å². The number of hydrogen-bond donors (Lipinski definition) is 1. The lowest BCUT2D eigenvalue weighted by Crippen LogP contribution is -2.38. The molecule has 33 heavy (non-hydrogen) atoms. The van der Waals surface area contributed by atoms with E-state index in [0.717, 1.165) is 50.1 Å². The zero-order valence-corrected chi connectivity index (χ0v) is 18.9. The average Bonchev–Trinajstić information content (AvgIpc) is 3.24. The van der Waals surface area contributed by atoms with E-state index in [1.807, 2.05) is 18.2 Å². The summed E-state index contributed by atoms with van der Waals surface area (Å²) in [4.78, 5) is 18.4. The van der Waals surface area contributed by atoms with Crippen LogP contribution in [0.5, 0.6) is 0 Å². The van der Waals surface area contributed by atoms with Gasteiger partial charge in [0.2, 0.25) is 0 Å². The maximum absolute atomic E-state index is 11.0. The van der Waals surface area contributed by atoms with Crippen molar-refractivity contribution in [2.24, 2.45) is 7.05 Å². The Balaban J connectivity index is 1.16. The maximum atomic E-state index is 11.0. The van der Waals surface area contributed by atoms with E-state index in [1.165, 1.54) is 21.7 Å². The normalized spacial score (nSPS) is 15.4. The molecule has 1 N–H and O–H groups in total. The van der Waals surface area contributed by atoms with Crippen LogP contribution in [0.4, 0.5) is 0 Å². The summed E-state index contributed by atoms with van der Waals surface area (Å²) < 4.78 is 8.42. The van der Waals surface area contributed by atoms with Gasteiger partial charge in [0.1, 0.15) is 0 Å². The summed E-state index contributed by atoms with van der Waals surface area (Å²) in [6.07, 6.45) is 7.52. The molecule has 0 radical (unpaired) electrons. The number of aromatic carboxylic acids is 1. The topological polar surface area (TPSA) is 67.6 Å². The number of likely N-dealkylation sites (tertiary alicyclic amines) is 1. The molecule has 4 aromatic rings. The number of pyridine rings is 1. The summed E-state index contributed by atoms with van der Waals surface area (Å²) in [5, 5.41) is 12.6. The number of ether oxygens (including phenoxy) is 1. The largest absolute Gasteiger partial charge is 0.478 e. The van der Waals surface area contributed by atoms with Crippen molar-refractivity contribution in [1.29, 1.82) is 0 Å². The van der Waals surface area contributed by atoms with Gasteiger partial charge in [-0.25, -0.2) is 9.78 Å². The van der Waals surface area contributed by atoms with Crippen molar-refractivity contribution in [3.05, 3.63) is 77.7 Å². The molecule has 6 heteroatoms. The lowest BCUT2D eigenvalue weighted by Gasteiger charge is -2.31. The van der Waals surface area contributed by atoms with Crippen LogP contribution in [-0.2, 0) is 24.8 Å². The van der Waals surface area contributed by atoms with Gasteiger partial charge in [0, 0.05) is 55.2 Å². The first kappa shape index (κ1) is 21.6. The van der Waals surface area contributed by atoms with Gasteiger partial charge in [-0.2, -0.15) is 0 Å². The number of nitrogens with zero attached hydrogens (tertiary/aromatic N) is 3. The molecule has 0 unspecified atom stereocenters. The molecule has 2 aromatic carbocycles. The van der Waals surface area contributed by atoms with Crippen molar-refractivity contribution >= 4 is 27.6 Å². The number of piperidine rings is 1. The number of rotatable bonds is 7. The second-order valence-corrected chi connectivity index (χ2v) is 8.93. The van der Waals surface area contributed by atoms with Crippen LogP contribution >= 0.6 is 0 Å². The third-order valence-corrected chi connectivity index (χ3v) is 6.62. The molecule has 0 atom stereocenters. The molecule has 0 amide bonds. The van der Waals surface area contributed by atoms with Gasteiger partial charge < -0.3 is 19.3 Å². The van der Waals surface area contributed by atoms with Crippen molar-refractivity contribution in [1.82, 2.24) is 14.5 Å². The number of carboxylic acids is 1. The molecule has 2 aromatic heterocycles. The predicted octanol–water partition coefficient (Wildman–Crippen LogP) is 4.65. The Kier molecular flexibility index (Phi) is 6.11. The third kappa shape index (κ3) is 4.77. The number of carboxylic acid groups (broad SMARTS) is 1. The first-order valence-corrected chi connectivity index (χ1v) is 11.6. The van der Waals surface area contributed by atoms with Crippen molar-refractivity contribution in [2.75, 3.05) is 19.6 Å². The molecule has 0 saturated carbocycles. The van der Waals surface area contributed by atoms with Crippen LogP contribution in [0.25, 0.3) is 21.7 Å². The van der Waals surface area contributed by atoms with Gasteiger partial charge in [0.15, 0.2) is 0 Å². The molecule has 0 bridgehead atoms. The minimum atomic E-state index is -0.879. The van der Waals surface area contributed by atoms with Gasteiger partial charge in [-0.3, -0.25) is 0 Å². The fourth-order valence-electron chi connectivity index (χ4n) is 4.74. The van der Waals surface area contributed by atoms with Crippen molar-refractivity contribution in [2.45, 2.75) is 32.0 Å². The van der Waals surface area contributed by atoms with E-state index in [4.69, 9.17) is 14.8 Å². The Morgan fingerprint density at radius 2 is 1.76 bits per heavy atom. The van der Waals surface area contributed by atoms with Crippen LogP contribution in [0.15, 0.2) is 60.9 Å². The summed E-state index contributed by atoms with van der Waals surface area (Å²) in [5.41, 5.74) is 3.54. The van der Waals surface area contributed by atoms with Gasteiger partial charge in [-0.05, 0) is 43.0 Å². The Hall–Kier alpha value is -3.22. The monoisotopic (exact) mass is 443 g/mol. The summed E-state index contributed by atoms with van der Waals surface area (Å²) in [7, 11) is 2.05. The second-order valence-electron chi connectivity index (χ2n) is 8.93. The highest BCUT2D eigenvalue weighted by Gasteiger charge is 2.20. The van der Waals surface area contributed by atoms with Crippen LogP contribution in [0, 0.1) is 0 Å². The standard InChI is InChI=1S/C27H29N3O3/c1-29-16-23-22-4-2-3-5-25(22)28-26(24(23)17-29)18-33-21-11-14-30(15-12-21)13-10-19-6-8-20(9-7-19)27(31)32/h2-9,16-17,21H,10-15,18H2,1H3,(H,31,32). The fourth-order valence-corrected chi connectivity index (χ4v) is 4.74. The quantitative estimate of drug-likeness (QED) is 0.450. The number of benzene rings is 2. The van der Waals surface area contributed by atoms with Crippen molar-refractivity contribution in [3.8, 4) is 0 Å². The first-order valence-electron chi connectivity index (χ1n) is 11.6. The number of carbonyl (C=O) groups is 1. The SMILES string of the molecule is Cn1cc2c(COC3CCN(CCc4ccc(C(=O)O)cc4)CC3)nc3ccccc3c2c1. The Morgan fingerprint density at radius 3 is 2.52 bits per heavy atom. The zero-order chi connectivity index (χ0) is 22.8. The number of aryl methyl sites for hydroxylation is 1. The van der Waals surface area contributed by atoms with Gasteiger partial charge in [0.25, 0.3) is 0 Å². The second kappa shape index (κ2) is 9.33. The summed E-state index contributed by atoms with van der Waals surface area (Å²) in [6, 6.07) is 15.5. The summed E-state index contributed by atoms with van der Waals surface area (Å²) in [5.74, 6) is -0.879. The van der Waals surface area contributed by atoms with Crippen LogP contribution in [-0.4, -0.2) is 51.3 Å². The smallest absolute Gasteiger partial charge is 0.335 e. The highest BCUT2D eigenvalue weighted by Crippen LogP contribution is 2.28. The van der Waals surface area contributed by atoms with Crippen LogP contribution in [0.3, 0.4) is 0 Å². The van der Waals surface area contributed by atoms with Crippen LogP contribution < -0.4 is 0 Å². The molecule has 1 aliphatic rings. The molecule has 0 aliphatic carbocycles. The molecule has 6 nitrogen and oxygen atoms in total. The van der Waals surface area contributed by atoms with E-state index in [-0.39, 0.29) is 6.10 Å². The molecule has 1 saturated heterocycles. The Labute approximate surface area is 193 Å². The third-order valence-electron chi connectivity index (χ3n) is 6.62.